The Kier molecular flexibility index (Phi) is 5.47. The lowest BCUT2D eigenvalue weighted by atomic mass is 9.85. The summed E-state index contributed by atoms with van der Waals surface area (Å²) < 4.78 is 2.72. The molecule has 0 amide bonds. The van der Waals surface area contributed by atoms with Crippen LogP contribution in [0.15, 0.2) is 158 Å². The first-order valence-corrected chi connectivity index (χ1v) is 15.6. The average molecular weight is 563 g/mol. The maximum absolute atomic E-state index is 2.32. The van der Waals surface area contributed by atoms with Crippen molar-refractivity contribution in [2.45, 2.75) is 0 Å². The van der Waals surface area contributed by atoms with E-state index in [1.807, 2.05) is 11.3 Å². The summed E-state index contributed by atoms with van der Waals surface area (Å²) in [6, 6.07) is 57.8. The van der Waals surface area contributed by atoms with Gasteiger partial charge in [0, 0.05) is 25.7 Å². The van der Waals surface area contributed by atoms with Gasteiger partial charge in [-0.25, -0.2) is 0 Å². The maximum atomic E-state index is 2.32. The SMILES string of the molecule is c1ccc(-c2ccc(-c3c4ccccc4c(-c4cccc5c4sc4c6ccccc6ccc54)c4ccccc34)cc2)cc1. The first-order chi connectivity index (χ1) is 21.3. The highest BCUT2D eigenvalue weighted by molar-refractivity contribution is 7.27. The molecular formula is C42H26S. The van der Waals surface area contributed by atoms with Gasteiger partial charge in [0.15, 0.2) is 0 Å². The second kappa shape index (κ2) is 9.66. The highest BCUT2D eigenvalue weighted by Gasteiger charge is 2.19. The summed E-state index contributed by atoms with van der Waals surface area (Å²) in [5.74, 6) is 0. The lowest BCUT2D eigenvalue weighted by Crippen LogP contribution is -1.91. The molecule has 43 heavy (non-hydrogen) atoms. The summed E-state index contributed by atoms with van der Waals surface area (Å²) >= 11 is 1.93. The molecule has 9 aromatic rings. The first-order valence-electron chi connectivity index (χ1n) is 14.8. The van der Waals surface area contributed by atoms with Crippen LogP contribution in [0.25, 0.3) is 85.9 Å². The Balaban J connectivity index is 1.34. The zero-order valence-electron chi connectivity index (χ0n) is 23.4. The van der Waals surface area contributed by atoms with Gasteiger partial charge in [-0.15, -0.1) is 11.3 Å². The third-order valence-corrected chi connectivity index (χ3v) is 10.2. The Morgan fingerprint density at radius 3 is 1.49 bits per heavy atom. The van der Waals surface area contributed by atoms with E-state index in [4.69, 9.17) is 0 Å². The Labute approximate surface area is 254 Å². The second-order valence-corrected chi connectivity index (χ2v) is 12.3. The number of thiophene rings is 1. The molecule has 0 aliphatic carbocycles. The normalized spacial score (nSPS) is 11.7. The van der Waals surface area contributed by atoms with Gasteiger partial charge >= 0.3 is 0 Å². The van der Waals surface area contributed by atoms with Crippen LogP contribution in [-0.2, 0) is 0 Å². The molecule has 0 fully saturated rings. The molecular weight excluding hydrogens is 537 g/mol. The summed E-state index contributed by atoms with van der Waals surface area (Å²) in [6.07, 6.45) is 0. The molecule has 8 aromatic carbocycles. The molecule has 0 bridgehead atoms. The summed E-state index contributed by atoms with van der Waals surface area (Å²) in [6.45, 7) is 0. The smallest absolute Gasteiger partial charge is 0.0434 e. The molecule has 0 radical (unpaired) electrons. The molecule has 0 spiro atoms. The Morgan fingerprint density at radius 1 is 0.279 bits per heavy atom. The molecule has 1 heterocycles. The van der Waals surface area contributed by atoms with Crippen molar-refractivity contribution in [1.82, 2.24) is 0 Å². The Morgan fingerprint density at radius 2 is 0.791 bits per heavy atom. The Hall–Kier alpha value is -5.24. The van der Waals surface area contributed by atoms with E-state index >= 15 is 0 Å². The van der Waals surface area contributed by atoms with Crippen LogP contribution >= 0.6 is 11.3 Å². The van der Waals surface area contributed by atoms with Crippen molar-refractivity contribution in [3.05, 3.63) is 158 Å². The monoisotopic (exact) mass is 562 g/mol. The van der Waals surface area contributed by atoms with Gasteiger partial charge in [0.25, 0.3) is 0 Å². The van der Waals surface area contributed by atoms with Gasteiger partial charge in [-0.3, -0.25) is 0 Å². The predicted molar refractivity (Wildman–Crippen MR) is 188 cm³/mol. The molecule has 0 atom stereocenters. The van der Waals surface area contributed by atoms with Gasteiger partial charge in [-0.05, 0) is 60.1 Å². The number of benzene rings is 8. The standard InChI is InChI=1S/C42H26S/c1-2-11-27(12-3-1)28-21-23-30(24-22-28)39-32-15-6-8-17-34(32)40(35-18-9-7-16-33(35)39)38-20-10-19-36-37-26-25-29-13-4-5-14-31(29)41(37)43-42(36)38/h1-26H. The van der Waals surface area contributed by atoms with Crippen LogP contribution in [0, 0.1) is 0 Å². The molecule has 1 heteroatoms. The van der Waals surface area contributed by atoms with E-state index < -0.39 is 0 Å². The molecule has 0 unspecified atom stereocenters. The molecule has 0 N–H and O–H groups in total. The molecule has 200 valence electrons. The van der Waals surface area contributed by atoms with Crippen molar-refractivity contribution < 1.29 is 0 Å². The van der Waals surface area contributed by atoms with Gasteiger partial charge in [0.1, 0.15) is 0 Å². The van der Waals surface area contributed by atoms with Crippen molar-refractivity contribution in [2.75, 3.05) is 0 Å². The van der Waals surface area contributed by atoms with Crippen LogP contribution in [0.4, 0.5) is 0 Å². The molecule has 0 aliphatic heterocycles. The van der Waals surface area contributed by atoms with E-state index in [0.29, 0.717) is 0 Å². The minimum Gasteiger partial charge on any atom is -0.134 e. The number of rotatable bonds is 3. The molecule has 0 saturated heterocycles. The lowest BCUT2D eigenvalue weighted by Gasteiger charge is -2.18. The zero-order chi connectivity index (χ0) is 28.3. The predicted octanol–water partition coefficient (Wildman–Crippen LogP) is 12.5. The third kappa shape index (κ3) is 3.75. The average Bonchev–Trinajstić information content (AvgIpc) is 3.47. The van der Waals surface area contributed by atoms with Crippen LogP contribution in [0.2, 0.25) is 0 Å². The van der Waals surface area contributed by atoms with E-state index in [0.717, 1.165) is 0 Å². The molecule has 0 saturated carbocycles. The fraction of sp³-hybridized carbons (Fsp3) is 0. The van der Waals surface area contributed by atoms with Gasteiger partial charge < -0.3 is 0 Å². The highest BCUT2D eigenvalue weighted by atomic mass is 32.1. The second-order valence-electron chi connectivity index (χ2n) is 11.2. The largest absolute Gasteiger partial charge is 0.134 e. The van der Waals surface area contributed by atoms with Gasteiger partial charge in [0.05, 0.1) is 0 Å². The minimum atomic E-state index is 1.23. The summed E-state index contributed by atoms with van der Waals surface area (Å²) in [5.41, 5.74) is 7.63. The number of hydrogen-bond donors (Lipinski definition) is 0. The van der Waals surface area contributed by atoms with Crippen molar-refractivity contribution in [1.29, 1.82) is 0 Å². The van der Waals surface area contributed by atoms with Crippen LogP contribution in [-0.4, -0.2) is 0 Å². The molecule has 9 rings (SSSR count). The number of fused-ring (bicyclic) bond motifs is 7. The number of hydrogen-bond acceptors (Lipinski definition) is 1. The quantitative estimate of drug-likeness (QED) is 0.188. The minimum absolute atomic E-state index is 1.23. The van der Waals surface area contributed by atoms with Crippen molar-refractivity contribution >= 4 is 63.8 Å². The molecule has 1 aromatic heterocycles. The molecule has 0 aliphatic rings. The summed E-state index contributed by atoms with van der Waals surface area (Å²) in [4.78, 5) is 0. The third-order valence-electron chi connectivity index (χ3n) is 8.87. The van der Waals surface area contributed by atoms with Gasteiger partial charge in [-0.1, -0.05) is 158 Å². The van der Waals surface area contributed by atoms with Crippen LogP contribution in [0.1, 0.15) is 0 Å². The fourth-order valence-corrected chi connectivity index (χ4v) is 8.27. The maximum Gasteiger partial charge on any atom is 0.0434 e. The van der Waals surface area contributed by atoms with Gasteiger partial charge in [-0.2, -0.15) is 0 Å². The zero-order valence-corrected chi connectivity index (χ0v) is 24.2. The van der Waals surface area contributed by atoms with E-state index in [-0.39, 0.29) is 0 Å². The van der Waals surface area contributed by atoms with Crippen molar-refractivity contribution in [3.63, 3.8) is 0 Å². The lowest BCUT2D eigenvalue weighted by molar-refractivity contribution is 1.61. The van der Waals surface area contributed by atoms with Crippen molar-refractivity contribution in [2.24, 2.45) is 0 Å². The molecule has 0 nitrogen and oxygen atoms in total. The van der Waals surface area contributed by atoms with E-state index in [1.165, 1.54) is 85.9 Å². The fourth-order valence-electron chi connectivity index (χ4n) is 6.91. The van der Waals surface area contributed by atoms with Gasteiger partial charge in [0.2, 0.25) is 0 Å². The van der Waals surface area contributed by atoms with Crippen LogP contribution in [0.3, 0.4) is 0 Å². The first kappa shape index (κ1) is 24.4. The Bertz CT molecular complexity index is 2420. The summed E-state index contributed by atoms with van der Waals surface area (Å²) in [7, 11) is 0. The van der Waals surface area contributed by atoms with Crippen LogP contribution in [0.5, 0.6) is 0 Å². The van der Waals surface area contributed by atoms with Crippen molar-refractivity contribution in [3.8, 4) is 33.4 Å². The topological polar surface area (TPSA) is 0 Å². The van der Waals surface area contributed by atoms with Crippen LogP contribution < -0.4 is 0 Å². The highest BCUT2D eigenvalue weighted by Crippen LogP contribution is 2.48. The summed E-state index contributed by atoms with van der Waals surface area (Å²) in [5, 5.41) is 10.4. The van der Waals surface area contributed by atoms with E-state index in [2.05, 4.69) is 158 Å². The van der Waals surface area contributed by atoms with E-state index in [9.17, 15) is 0 Å². The van der Waals surface area contributed by atoms with E-state index in [1.54, 1.807) is 0 Å².